The highest BCUT2D eigenvalue weighted by Gasteiger charge is 2.37. The third-order valence-corrected chi connectivity index (χ3v) is 5.53. The summed E-state index contributed by atoms with van der Waals surface area (Å²) >= 11 is 0. The lowest BCUT2D eigenvalue weighted by Crippen LogP contribution is -2.25. The molecule has 1 N–H and O–H groups in total. The molecule has 1 amide bonds. The number of anilines is 2. The molecule has 1 heterocycles. The van der Waals surface area contributed by atoms with Crippen LogP contribution < -0.4 is 9.62 Å². The molecule has 0 spiro atoms. The van der Waals surface area contributed by atoms with Gasteiger partial charge in [0.25, 0.3) is 10.0 Å². The number of hydrogen-bond donors (Lipinski definition) is 1. The average molecular weight is 384 g/mol. The Labute approximate surface area is 148 Å². The van der Waals surface area contributed by atoms with Crippen LogP contribution in [0, 0.1) is 0 Å². The Bertz CT molecular complexity index is 971. The molecule has 0 saturated carbocycles. The van der Waals surface area contributed by atoms with Crippen molar-refractivity contribution in [3.05, 3.63) is 53.6 Å². The summed E-state index contributed by atoms with van der Waals surface area (Å²) in [6.45, 7) is 1.91. The second-order valence-electron chi connectivity index (χ2n) is 5.86. The largest absolute Gasteiger partial charge is 0.417 e. The summed E-state index contributed by atoms with van der Waals surface area (Å²) in [5.74, 6) is -0.129. The fourth-order valence-electron chi connectivity index (χ4n) is 2.94. The number of benzene rings is 2. The lowest BCUT2D eigenvalue weighted by Gasteiger charge is -2.16. The van der Waals surface area contributed by atoms with Crippen LogP contribution in [-0.4, -0.2) is 20.9 Å². The van der Waals surface area contributed by atoms with Crippen LogP contribution >= 0.6 is 0 Å². The van der Waals surface area contributed by atoms with E-state index < -0.39 is 26.7 Å². The lowest BCUT2D eigenvalue weighted by atomic mass is 10.1. The summed E-state index contributed by atoms with van der Waals surface area (Å²) < 4.78 is 66.4. The van der Waals surface area contributed by atoms with Gasteiger partial charge in [-0.1, -0.05) is 12.1 Å². The van der Waals surface area contributed by atoms with Gasteiger partial charge in [0, 0.05) is 24.8 Å². The van der Waals surface area contributed by atoms with Gasteiger partial charge in [-0.15, -0.1) is 0 Å². The van der Waals surface area contributed by atoms with E-state index in [2.05, 4.69) is 4.72 Å². The minimum absolute atomic E-state index is 0.129. The third-order valence-electron chi connectivity index (χ3n) is 4.09. The summed E-state index contributed by atoms with van der Waals surface area (Å²) in [4.78, 5) is 12.3. The van der Waals surface area contributed by atoms with E-state index in [9.17, 15) is 26.4 Å². The van der Waals surface area contributed by atoms with Crippen LogP contribution in [0.1, 0.15) is 18.1 Å². The van der Waals surface area contributed by atoms with Crippen molar-refractivity contribution in [3.8, 4) is 0 Å². The molecule has 2 aromatic carbocycles. The van der Waals surface area contributed by atoms with Gasteiger partial charge in [-0.05, 0) is 42.3 Å². The molecule has 5 nitrogen and oxygen atoms in total. The standard InChI is InChI=1S/C17H15F3N2O3S/c1-11(23)22-9-8-12-10-13(6-7-15(12)22)21-26(24,25)16-5-3-2-4-14(16)17(18,19)20/h2-7,10,21H,8-9H2,1H3. The molecule has 0 unspecified atom stereocenters. The van der Waals surface area contributed by atoms with Gasteiger partial charge in [0.05, 0.1) is 10.5 Å². The maximum atomic E-state index is 13.1. The van der Waals surface area contributed by atoms with Crippen LogP contribution in [0.3, 0.4) is 0 Å². The molecule has 26 heavy (non-hydrogen) atoms. The van der Waals surface area contributed by atoms with Crippen molar-refractivity contribution in [2.75, 3.05) is 16.2 Å². The highest BCUT2D eigenvalue weighted by molar-refractivity contribution is 7.92. The molecule has 0 atom stereocenters. The molecule has 138 valence electrons. The number of carbonyl (C=O) groups is 1. The van der Waals surface area contributed by atoms with Gasteiger partial charge in [-0.25, -0.2) is 8.42 Å². The average Bonchev–Trinajstić information content (AvgIpc) is 2.97. The molecular formula is C17H15F3N2O3S. The molecule has 0 aromatic heterocycles. The monoisotopic (exact) mass is 384 g/mol. The normalized spacial score (nSPS) is 14.2. The number of alkyl halides is 3. The predicted octanol–water partition coefficient (Wildman–Crippen LogP) is 3.42. The van der Waals surface area contributed by atoms with E-state index in [0.29, 0.717) is 18.7 Å². The van der Waals surface area contributed by atoms with Gasteiger partial charge >= 0.3 is 6.18 Å². The first-order valence-corrected chi connectivity index (χ1v) is 9.18. The Morgan fingerprint density at radius 2 is 1.85 bits per heavy atom. The third kappa shape index (κ3) is 3.39. The molecule has 2 aromatic rings. The van der Waals surface area contributed by atoms with Crippen molar-refractivity contribution in [3.63, 3.8) is 0 Å². The highest BCUT2D eigenvalue weighted by Crippen LogP contribution is 2.35. The van der Waals surface area contributed by atoms with Crippen LogP contribution in [0.2, 0.25) is 0 Å². The predicted molar refractivity (Wildman–Crippen MR) is 90.4 cm³/mol. The minimum atomic E-state index is -4.79. The van der Waals surface area contributed by atoms with Crippen molar-refractivity contribution in [1.29, 1.82) is 0 Å². The van der Waals surface area contributed by atoms with Gasteiger partial charge < -0.3 is 4.90 Å². The number of amides is 1. The number of nitrogens with zero attached hydrogens (tertiary/aromatic N) is 1. The fraction of sp³-hybridized carbons (Fsp3) is 0.235. The molecule has 0 saturated heterocycles. The first-order valence-electron chi connectivity index (χ1n) is 7.70. The zero-order chi connectivity index (χ0) is 19.1. The minimum Gasteiger partial charge on any atom is -0.312 e. The molecular weight excluding hydrogens is 369 g/mol. The van der Waals surface area contributed by atoms with E-state index in [1.807, 2.05) is 0 Å². The van der Waals surface area contributed by atoms with Gasteiger partial charge in [-0.3, -0.25) is 9.52 Å². The van der Waals surface area contributed by atoms with E-state index >= 15 is 0 Å². The second kappa shape index (κ2) is 6.31. The number of rotatable bonds is 3. The van der Waals surface area contributed by atoms with Crippen molar-refractivity contribution in [2.45, 2.75) is 24.4 Å². The summed E-state index contributed by atoms with van der Waals surface area (Å²) in [6.07, 6.45) is -4.24. The molecule has 1 aliphatic rings. The zero-order valence-corrected chi connectivity index (χ0v) is 14.5. The van der Waals surface area contributed by atoms with E-state index in [1.165, 1.54) is 25.1 Å². The van der Waals surface area contributed by atoms with Gasteiger partial charge in [-0.2, -0.15) is 13.2 Å². The number of sulfonamides is 1. The SMILES string of the molecule is CC(=O)N1CCc2cc(NS(=O)(=O)c3ccccc3C(F)(F)F)ccc21. The van der Waals surface area contributed by atoms with Crippen LogP contribution in [0.25, 0.3) is 0 Å². The summed E-state index contributed by atoms with van der Waals surface area (Å²) in [5, 5.41) is 0. The molecule has 9 heteroatoms. The molecule has 0 radical (unpaired) electrons. The lowest BCUT2D eigenvalue weighted by molar-refractivity contribution is -0.139. The number of halogens is 3. The van der Waals surface area contributed by atoms with Gasteiger partial charge in [0.2, 0.25) is 5.91 Å². The number of carbonyl (C=O) groups excluding carboxylic acids is 1. The van der Waals surface area contributed by atoms with Crippen LogP contribution in [-0.2, 0) is 27.4 Å². The summed E-state index contributed by atoms with van der Waals surface area (Å²) in [5.41, 5.74) is 0.350. The Morgan fingerprint density at radius 3 is 2.50 bits per heavy atom. The Hall–Kier alpha value is -2.55. The van der Waals surface area contributed by atoms with Crippen LogP contribution in [0.4, 0.5) is 24.5 Å². The highest BCUT2D eigenvalue weighted by atomic mass is 32.2. The molecule has 0 aliphatic carbocycles. The Balaban J connectivity index is 1.94. The quantitative estimate of drug-likeness (QED) is 0.882. The van der Waals surface area contributed by atoms with Gasteiger partial charge in [0.15, 0.2) is 0 Å². The van der Waals surface area contributed by atoms with Crippen molar-refractivity contribution < 1.29 is 26.4 Å². The van der Waals surface area contributed by atoms with Crippen molar-refractivity contribution in [1.82, 2.24) is 0 Å². The van der Waals surface area contributed by atoms with Crippen LogP contribution in [0.5, 0.6) is 0 Å². The number of nitrogens with one attached hydrogen (secondary N) is 1. The Kier molecular flexibility index (Phi) is 4.43. The molecule has 1 aliphatic heterocycles. The summed E-state index contributed by atoms with van der Waals surface area (Å²) in [6, 6.07) is 8.54. The second-order valence-corrected chi connectivity index (χ2v) is 7.51. The van der Waals surface area contributed by atoms with E-state index in [1.54, 1.807) is 11.0 Å². The van der Waals surface area contributed by atoms with E-state index in [4.69, 9.17) is 0 Å². The maximum absolute atomic E-state index is 13.1. The molecule has 0 bridgehead atoms. The topological polar surface area (TPSA) is 66.5 Å². The first-order chi connectivity index (χ1) is 12.1. The van der Waals surface area contributed by atoms with Crippen molar-refractivity contribution in [2.24, 2.45) is 0 Å². The van der Waals surface area contributed by atoms with Gasteiger partial charge in [0.1, 0.15) is 0 Å². The fourth-order valence-corrected chi connectivity index (χ4v) is 4.22. The number of fused-ring (bicyclic) bond motifs is 1. The van der Waals surface area contributed by atoms with Crippen LogP contribution in [0.15, 0.2) is 47.4 Å². The molecule has 0 fully saturated rings. The number of hydrogen-bond acceptors (Lipinski definition) is 3. The Morgan fingerprint density at radius 1 is 1.15 bits per heavy atom. The summed E-state index contributed by atoms with van der Waals surface area (Å²) in [7, 11) is -4.42. The first kappa shape index (κ1) is 18.2. The van der Waals surface area contributed by atoms with Crippen molar-refractivity contribution >= 4 is 27.3 Å². The smallest absolute Gasteiger partial charge is 0.312 e. The maximum Gasteiger partial charge on any atom is 0.417 e. The zero-order valence-electron chi connectivity index (χ0n) is 13.7. The van der Waals surface area contributed by atoms with E-state index in [-0.39, 0.29) is 11.6 Å². The molecule has 3 rings (SSSR count). The van der Waals surface area contributed by atoms with E-state index in [0.717, 1.165) is 23.8 Å².